The highest BCUT2D eigenvalue weighted by Gasteiger charge is 2.30. The molecule has 0 amide bonds. The quantitative estimate of drug-likeness (QED) is 0.860. The number of aliphatic hydroxyl groups is 1. The number of methoxy groups -OCH3 is 1. The van der Waals surface area contributed by atoms with Gasteiger partial charge in [0.05, 0.1) is 18.8 Å². The summed E-state index contributed by atoms with van der Waals surface area (Å²) in [4.78, 5) is 4.38. The number of aliphatic hydroxyl groups excluding tert-OH is 1. The van der Waals surface area contributed by atoms with E-state index in [2.05, 4.69) is 9.80 Å². The molecule has 1 N–H and O–H groups in total. The Morgan fingerprint density at radius 1 is 1.04 bits per heavy atom. The molecule has 1 atom stereocenters. The first-order valence-electron chi connectivity index (χ1n) is 8.83. The summed E-state index contributed by atoms with van der Waals surface area (Å²) in [5, 5.41) is 10.4. The van der Waals surface area contributed by atoms with E-state index in [1.54, 1.807) is 7.11 Å². The van der Waals surface area contributed by atoms with Crippen molar-refractivity contribution in [2.75, 3.05) is 44.7 Å². The predicted molar refractivity (Wildman–Crippen MR) is 98.1 cm³/mol. The maximum absolute atomic E-state index is 12.6. The van der Waals surface area contributed by atoms with Crippen LogP contribution >= 0.6 is 0 Å². The van der Waals surface area contributed by atoms with Crippen molar-refractivity contribution in [1.82, 2.24) is 4.90 Å². The van der Waals surface area contributed by atoms with E-state index < -0.39 is 17.8 Å². The largest absolute Gasteiger partial charge is 0.497 e. The third kappa shape index (κ3) is 4.93. The van der Waals surface area contributed by atoms with Gasteiger partial charge in [0.2, 0.25) is 0 Å². The van der Waals surface area contributed by atoms with Crippen molar-refractivity contribution in [2.24, 2.45) is 0 Å². The number of halogens is 3. The number of rotatable bonds is 5. The lowest BCUT2D eigenvalue weighted by Gasteiger charge is -2.37. The number of hydrogen-bond acceptors (Lipinski definition) is 4. The van der Waals surface area contributed by atoms with Gasteiger partial charge in [0.1, 0.15) is 5.75 Å². The van der Waals surface area contributed by atoms with Gasteiger partial charge in [0.15, 0.2) is 0 Å². The Morgan fingerprint density at radius 2 is 1.70 bits per heavy atom. The van der Waals surface area contributed by atoms with Gasteiger partial charge in [-0.2, -0.15) is 13.2 Å². The normalized spacial score (nSPS) is 17.0. The third-order valence-electron chi connectivity index (χ3n) is 4.84. The van der Waals surface area contributed by atoms with Crippen molar-refractivity contribution in [3.05, 3.63) is 59.7 Å². The van der Waals surface area contributed by atoms with Gasteiger partial charge < -0.3 is 14.7 Å². The number of benzene rings is 2. The summed E-state index contributed by atoms with van der Waals surface area (Å²) in [5.41, 5.74) is 0.890. The van der Waals surface area contributed by atoms with E-state index in [-0.39, 0.29) is 0 Å². The van der Waals surface area contributed by atoms with Crippen LogP contribution < -0.4 is 9.64 Å². The summed E-state index contributed by atoms with van der Waals surface area (Å²) < 4.78 is 43.2. The Hall–Kier alpha value is -2.25. The standard InChI is InChI=1S/C20H23F3N2O2/c1-27-18-4-2-3-17(13-18)25-11-9-24(10-12-25)14-19(26)15-5-7-16(8-6-15)20(21,22)23/h2-8,13,19,26H,9-12,14H2,1H3. The third-order valence-corrected chi connectivity index (χ3v) is 4.84. The molecule has 1 fully saturated rings. The number of hydrogen-bond donors (Lipinski definition) is 1. The molecule has 0 aromatic heterocycles. The molecule has 2 aromatic rings. The fraction of sp³-hybridized carbons (Fsp3) is 0.400. The molecule has 0 aliphatic carbocycles. The molecule has 27 heavy (non-hydrogen) atoms. The van der Waals surface area contributed by atoms with Crippen LogP contribution in [0.3, 0.4) is 0 Å². The second-order valence-electron chi connectivity index (χ2n) is 6.62. The number of piperazine rings is 1. The number of anilines is 1. The van der Waals surface area contributed by atoms with Gasteiger partial charge in [-0.3, -0.25) is 4.90 Å². The van der Waals surface area contributed by atoms with Gasteiger partial charge in [0.25, 0.3) is 0 Å². The molecule has 7 heteroatoms. The molecule has 3 rings (SSSR count). The summed E-state index contributed by atoms with van der Waals surface area (Å²) >= 11 is 0. The van der Waals surface area contributed by atoms with Gasteiger partial charge in [-0.25, -0.2) is 0 Å². The molecule has 2 aromatic carbocycles. The Bertz CT molecular complexity index is 742. The number of ether oxygens (including phenoxy) is 1. The van der Waals surface area contributed by atoms with Gasteiger partial charge >= 0.3 is 6.18 Å². The molecule has 1 aliphatic heterocycles. The monoisotopic (exact) mass is 380 g/mol. The van der Waals surface area contributed by atoms with Crippen molar-refractivity contribution in [2.45, 2.75) is 12.3 Å². The molecule has 4 nitrogen and oxygen atoms in total. The van der Waals surface area contributed by atoms with Crippen LogP contribution in [0, 0.1) is 0 Å². The van der Waals surface area contributed by atoms with Crippen molar-refractivity contribution in [1.29, 1.82) is 0 Å². The molecule has 0 radical (unpaired) electrons. The van der Waals surface area contributed by atoms with Crippen LogP contribution in [0.5, 0.6) is 5.75 Å². The number of nitrogens with zero attached hydrogens (tertiary/aromatic N) is 2. The van der Waals surface area contributed by atoms with Gasteiger partial charge in [0, 0.05) is 44.5 Å². The SMILES string of the molecule is COc1cccc(N2CCN(CC(O)c3ccc(C(F)(F)F)cc3)CC2)c1. The smallest absolute Gasteiger partial charge is 0.416 e. The molecular formula is C20H23F3N2O2. The first-order valence-corrected chi connectivity index (χ1v) is 8.83. The van der Waals surface area contributed by atoms with Crippen LogP contribution in [-0.2, 0) is 6.18 Å². The van der Waals surface area contributed by atoms with E-state index in [4.69, 9.17) is 4.74 Å². The Labute approximate surface area is 156 Å². The maximum Gasteiger partial charge on any atom is 0.416 e. The zero-order chi connectivity index (χ0) is 19.4. The van der Waals surface area contributed by atoms with Gasteiger partial charge in [-0.05, 0) is 29.8 Å². The first-order chi connectivity index (χ1) is 12.9. The topological polar surface area (TPSA) is 35.9 Å². The van der Waals surface area contributed by atoms with Crippen molar-refractivity contribution >= 4 is 5.69 Å². The maximum atomic E-state index is 12.6. The fourth-order valence-corrected chi connectivity index (χ4v) is 3.24. The summed E-state index contributed by atoms with van der Waals surface area (Å²) in [5.74, 6) is 0.813. The van der Waals surface area contributed by atoms with E-state index >= 15 is 0 Å². The second-order valence-corrected chi connectivity index (χ2v) is 6.62. The van der Waals surface area contributed by atoms with Crippen LogP contribution in [-0.4, -0.2) is 49.8 Å². The molecule has 0 saturated carbocycles. The Morgan fingerprint density at radius 3 is 2.30 bits per heavy atom. The highest BCUT2D eigenvalue weighted by Crippen LogP contribution is 2.30. The van der Waals surface area contributed by atoms with Crippen molar-refractivity contribution in [3.63, 3.8) is 0 Å². The van der Waals surface area contributed by atoms with E-state index in [0.717, 1.165) is 49.7 Å². The van der Waals surface area contributed by atoms with Crippen molar-refractivity contribution in [3.8, 4) is 5.75 Å². The molecule has 1 saturated heterocycles. The molecule has 0 spiro atoms. The van der Waals surface area contributed by atoms with Gasteiger partial charge in [-0.1, -0.05) is 18.2 Å². The molecule has 1 aliphatic rings. The van der Waals surface area contributed by atoms with Crippen LogP contribution in [0.1, 0.15) is 17.2 Å². The lowest BCUT2D eigenvalue weighted by atomic mass is 10.1. The van der Waals surface area contributed by atoms with E-state index in [9.17, 15) is 18.3 Å². The average molecular weight is 380 g/mol. The van der Waals surface area contributed by atoms with Gasteiger partial charge in [-0.15, -0.1) is 0 Å². The van der Waals surface area contributed by atoms with Crippen LogP contribution in [0.4, 0.5) is 18.9 Å². The second kappa shape index (κ2) is 8.19. The summed E-state index contributed by atoms with van der Waals surface area (Å²) in [6, 6.07) is 12.6. The lowest BCUT2D eigenvalue weighted by Crippen LogP contribution is -2.47. The molecule has 1 heterocycles. The molecule has 0 bridgehead atoms. The minimum Gasteiger partial charge on any atom is -0.497 e. The molecule has 1 unspecified atom stereocenters. The van der Waals surface area contributed by atoms with E-state index in [0.29, 0.717) is 12.1 Å². The zero-order valence-corrected chi connectivity index (χ0v) is 15.1. The predicted octanol–water partition coefficient (Wildman–Crippen LogP) is 3.57. The van der Waals surface area contributed by atoms with E-state index in [1.807, 2.05) is 24.3 Å². The first kappa shape index (κ1) is 19.5. The molecule has 146 valence electrons. The minimum atomic E-state index is -4.36. The summed E-state index contributed by atoms with van der Waals surface area (Å²) in [6.45, 7) is 3.57. The highest BCUT2D eigenvalue weighted by atomic mass is 19.4. The zero-order valence-electron chi connectivity index (χ0n) is 15.1. The van der Waals surface area contributed by atoms with Crippen LogP contribution in [0.15, 0.2) is 48.5 Å². The molecular weight excluding hydrogens is 357 g/mol. The summed E-state index contributed by atoms with van der Waals surface area (Å²) in [7, 11) is 1.64. The minimum absolute atomic E-state index is 0.400. The fourth-order valence-electron chi connectivity index (χ4n) is 3.24. The Balaban J connectivity index is 1.54. The average Bonchev–Trinajstić information content (AvgIpc) is 2.68. The van der Waals surface area contributed by atoms with Crippen molar-refractivity contribution < 1.29 is 23.0 Å². The highest BCUT2D eigenvalue weighted by molar-refractivity contribution is 5.51. The summed E-state index contributed by atoms with van der Waals surface area (Å²) in [6.07, 6.45) is -5.17. The number of alkyl halides is 3. The van der Waals surface area contributed by atoms with Crippen LogP contribution in [0.2, 0.25) is 0 Å². The number of β-amino-alcohol motifs (C(OH)–C–C–N with tert-alkyl or cyclic N) is 1. The lowest BCUT2D eigenvalue weighted by molar-refractivity contribution is -0.137. The van der Waals surface area contributed by atoms with Crippen LogP contribution in [0.25, 0.3) is 0 Å². The Kier molecular flexibility index (Phi) is 5.92. The van der Waals surface area contributed by atoms with E-state index in [1.165, 1.54) is 12.1 Å².